The fourth-order valence-corrected chi connectivity index (χ4v) is 2.96. The van der Waals surface area contributed by atoms with E-state index in [1.807, 2.05) is 0 Å². The number of carbonyl (C=O) groups is 2. The minimum absolute atomic E-state index is 0.0116. The molecule has 1 aliphatic heterocycles. The summed E-state index contributed by atoms with van der Waals surface area (Å²) in [4.78, 5) is 35.5. The molecule has 0 spiro atoms. The predicted molar refractivity (Wildman–Crippen MR) is 93.6 cm³/mol. The van der Waals surface area contributed by atoms with Crippen LogP contribution in [0.5, 0.6) is 0 Å². The van der Waals surface area contributed by atoms with Crippen molar-refractivity contribution in [3.63, 3.8) is 0 Å². The Morgan fingerprint density at radius 3 is 2.59 bits per heavy atom. The topological polar surface area (TPSA) is 92.5 Å². The molecule has 152 valence electrons. The van der Waals surface area contributed by atoms with Gasteiger partial charge < -0.3 is 10.2 Å². The molecule has 2 aromatic carbocycles. The lowest BCUT2D eigenvalue weighted by Gasteiger charge is -2.18. The predicted octanol–water partition coefficient (Wildman–Crippen LogP) is 3.74. The number of nitro groups is 1. The number of hydrogen-bond donors (Lipinski definition) is 1. The minimum atomic E-state index is -4.58. The van der Waals surface area contributed by atoms with Crippen LogP contribution >= 0.6 is 0 Å². The van der Waals surface area contributed by atoms with Crippen molar-refractivity contribution in [2.75, 3.05) is 16.8 Å². The van der Waals surface area contributed by atoms with Gasteiger partial charge in [-0.15, -0.1) is 0 Å². The lowest BCUT2D eigenvalue weighted by atomic mass is 10.1. The third kappa shape index (κ3) is 4.33. The summed E-state index contributed by atoms with van der Waals surface area (Å²) in [5, 5.41) is 13.1. The summed E-state index contributed by atoms with van der Waals surface area (Å²) in [6.07, 6.45) is -4.82. The zero-order valence-corrected chi connectivity index (χ0v) is 14.6. The Balaban J connectivity index is 1.74. The summed E-state index contributed by atoms with van der Waals surface area (Å²) in [5.41, 5.74) is -1.77. The highest BCUT2D eigenvalue weighted by molar-refractivity contribution is 6.03. The van der Waals surface area contributed by atoms with E-state index in [1.165, 1.54) is 6.07 Å². The molecule has 11 heteroatoms. The number of hydrogen-bond acceptors (Lipinski definition) is 4. The highest BCUT2D eigenvalue weighted by Crippen LogP contribution is 2.33. The molecule has 1 saturated heterocycles. The van der Waals surface area contributed by atoms with Crippen molar-refractivity contribution in [2.45, 2.75) is 12.6 Å². The normalized spacial score (nSPS) is 16.8. The monoisotopic (exact) mass is 411 g/mol. The van der Waals surface area contributed by atoms with Crippen molar-refractivity contribution in [1.82, 2.24) is 0 Å². The molecular formula is C18H13F4N3O4. The lowest BCUT2D eigenvalue weighted by Crippen LogP contribution is -2.28. The molecule has 3 rings (SSSR count). The Morgan fingerprint density at radius 2 is 1.93 bits per heavy atom. The Hall–Kier alpha value is -3.50. The van der Waals surface area contributed by atoms with Crippen molar-refractivity contribution in [1.29, 1.82) is 0 Å². The largest absolute Gasteiger partial charge is 0.416 e. The van der Waals surface area contributed by atoms with Crippen molar-refractivity contribution >= 4 is 28.9 Å². The van der Waals surface area contributed by atoms with Crippen molar-refractivity contribution in [3.05, 3.63) is 64.0 Å². The van der Waals surface area contributed by atoms with E-state index in [2.05, 4.69) is 5.32 Å². The molecule has 7 nitrogen and oxygen atoms in total. The zero-order valence-electron chi connectivity index (χ0n) is 14.6. The zero-order chi connectivity index (χ0) is 21.3. The van der Waals surface area contributed by atoms with Gasteiger partial charge in [0.05, 0.1) is 16.4 Å². The van der Waals surface area contributed by atoms with E-state index < -0.39 is 45.9 Å². The van der Waals surface area contributed by atoms with E-state index in [4.69, 9.17) is 0 Å². The summed E-state index contributed by atoms with van der Waals surface area (Å²) in [6.45, 7) is -0.157. The first-order valence-corrected chi connectivity index (χ1v) is 8.28. The molecule has 2 amide bonds. The summed E-state index contributed by atoms with van der Waals surface area (Å²) in [5.74, 6) is -3.15. The number of anilines is 2. The smallest absolute Gasteiger partial charge is 0.326 e. The van der Waals surface area contributed by atoms with Crippen LogP contribution < -0.4 is 10.2 Å². The third-order valence-corrected chi connectivity index (χ3v) is 4.39. The molecule has 0 saturated carbocycles. The van der Waals surface area contributed by atoms with Crippen molar-refractivity contribution in [2.24, 2.45) is 5.92 Å². The van der Waals surface area contributed by atoms with E-state index in [9.17, 15) is 37.3 Å². The molecule has 29 heavy (non-hydrogen) atoms. The average Bonchev–Trinajstić information content (AvgIpc) is 3.04. The second-order valence-electron chi connectivity index (χ2n) is 6.37. The number of nitro benzene ring substituents is 1. The van der Waals surface area contributed by atoms with Crippen LogP contribution in [0.4, 0.5) is 34.6 Å². The average molecular weight is 411 g/mol. The van der Waals surface area contributed by atoms with Gasteiger partial charge in [-0.3, -0.25) is 19.7 Å². The number of carbonyl (C=O) groups excluding carboxylic acids is 2. The van der Waals surface area contributed by atoms with Crippen LogP contribution in [0.15, 0.2) is 42.5 Å². The van der Waals surface area contributed by atoms with Crippen molar-refractivity contribution in [3.8, 4) is 0 Å². The number of nitrogens with zero attached hydrogens (tertiary/aromatic N) is 2. The molecule has 0 radical (unpaired) electrons. The van der Waals surface area contributed by atoms with Gasteiger partial charge in [-0.25, -0.2) is 0 Å². The van der Waals surface area contributed by atoms with E-state index in [0.717, 1.165) is 41.3 Å². The first kappa shape index (κ1) is 20.2. The Labute approximate surface area is 161 Å². The molecule has 2 aromatic rings. The third-order valence-electron chi connectivity index (χ3n) is 4.39. The van der Waals surface area contributed by atoms with Crippen LogP contribution in [-0.4, -0.2) is 23.3 Å². The number of benzene rings is 2. The van der Waals surface area contributed by atoms with Crippen LogP contribution in [0.3, 0.4) is 0 Å². The molecule has 0 bridgehead atoms. The van der Waals surface area contributed by atoms with Gasteiger partial charge in [-0.05, 0) is 30.3 Å². The Kier molecular flexibility index (Phi) is 5.23. The van der Waals surface area contributed by atoms with Gasteiger partial charge in [0.1, 0.15) is 0 Å². The van der Waals surface area contributed by atoms with Crippen LogP contribution in [0.25, 0.3) is 0 Å². The standard InChI is InChI=1S/C18H13F4N3O4/c19-14-5-4-12(8-15(14)25(28)29)23-17(27)10-6-16(26)24(9-10)13-3-1-2-11(7-13)18(20,21)22/h1-5,7-8,10H,6,9H2,(H,23,27)/t10-/m1/s1. The summed E-state index contributed by atoms with van der Waals surface area (Å²) >= 11 is 0. The number of alkyl halides is 3. The molecule has 0 aromatic heterocycles. The van der Waals surface area contributed by atoms with Crippen molar-refractivity contribution < 1.29 is 32.1 Å². The molecule has 1 heterocycles. The van der Waals surface area contributed by atoms with Gasteiger partial charge >= 0.3 is 11.9 Å². The maximum atomic E-state index is 13.4. The Bertz CT molecular complexity index is 993. The summed E-state index contributed by atoms with van der Waals surface area (Å²) in [6, 6.07) is 6.98. The van der Waals surface area contributed by atoms with Crippen LogP contribution in [-0.2, 0) is 15.8 Å². The first-order chi connectivity index (χ1) is 13.6. The van der Waals surface area contributed by atoms with E-state index in [-0.39, 0.29) is 24.3 Å². The SMILES string of the molecule is O=C(Nc1ccc(F)c([N+](=O)[O-])c1)[C@@H]1CC(=O)N(c2cccc(C(F)(F)F)c2)C1. The molecule has 1 N–H and O–H groups in total. The molecule has 0 aliphatic carbocycles. The van der Waals surface area contributed by atoms with Crippen LogP contribution in [0.2, 0.25) is 0 Å². The van der Waals surface area contributed by atoms with E-state index in [1.54, 1.807) is 0 Å². The minimum Gasteiger partial charge on any atom is -0.326 e. The van der Waals surface area contributed by atoms with E-state index in [0.29, 0.717) is 0 Å². The number of halogens is 4. The van der Waals surface area contributed by atoms with Gasteiger partial charge in [0.25, 0.3) is 0 Å². The summed E-state index contributed by atoms with van der Waals surface area (Å²) < 4.78 is 52.0. The Morgan fingerprint density at radius 1 is 1.21 bits per heavy atom. The van der Waals surface area contributed by atoms with E-state index >= 15 is 0 Å². The molecular weight excluding hydrogens is 398 g/mol. The maximum Gasteiger partial charge on any atom is 0.416 e. The molecule has 1 fully saturated rings. The number of nitrogens with one attached hydrogen (secondary N) is 1. The molecule has 0 unspecified atom stereocenters. The molecule has 1 atom stereocenters. The quantitative estimate of drug-likeness (QED) is 0.471. The first-order valence-electron chi connectivity index (χ1n) is 8.28. The van der Waals surface area contributed by atoms with Crippen LogP contribution in [0, 0.1) is 21.8 Å². The fourth-order valence-electron chi connectivity index (χ4n) is 2.96. The summed E-state index contributed by atoms with van der Waals surface area (Å²) in [7, 11) is 0. The number of rotatable bonds is 4. The highest BCUT2D eigenvalue weighted by atomic mass is 19.4. The second kappa shape index (κ2) is 7.49. The van der Waals surface area contributed by atoms with Gasteiger partial charge in [-0.2, -0.15) is 17.6 Å². The lowest BCUT2D eigenvalue weighted by molar-refractivity contribution is -0.387. The van der Waals surface area contributed by atoms with Gasteiger partial charge in [0.15, 0.2) is 0 Å². The highest BCUT2D eigenvalue weighted by Gasteiger charge is 2.37. The number of amides is 2. The van der Waals surface area contributed by atoms with Crippen LogP contribution in [0.1, 0.15) is 12.0 Å². The van der Waals surface area contributed by atoms with Gasteiger partial charge in [0, 0.05) is 30.4 Å². The second-order valence-corrected chi connectivity index (χ2v) is 6.37. The van der Waals surface area contributed by atoms with Gasteiger partial charge in [0.2, 0.25) is 17.6 Å². The maximum absolute atomic E-state index is 13.4. The fraction of sp³-hybridized carbons (Fsp3) is 0.222. The van der Waals surface area contributed by atoms with Gasteiger partial charge in [-0.1, -0.05) is 6.07 Å². The molecule has 1 aliphatic rings.